The van der Waals surface area contributed by atoms with E-state index < -0.39 is 0 Å². The Hall–Kier alpha value is -2.84. The maximum Gasteiger partial charge on any atom is 0.277 e. The van der Waals surface area contributed by atoms with Gasteiger partial charge in [0.2, 0.25) is 11.8 Å². The minimum atomic E-state index is 0.203. The number of rotatable bonds is 7. The predicted molar refractivity (Wildman–Crippen MR) is 99.4 cm³/mol. The van der Waals surface area contributed by atoms with Crippen molar-refractivity contribution >= 4 is 23.4 Å². The fourth-order valence-corrected chi connectivity index (χ4v) is 3.03. The third-order valence-corrected chi connectivity index (χ3v) is 4.58. The summed E-state index contributed by atoms with van der Waals surface area (Å²) in [5, 5.41) is 16.9. The van der Waals surface area contributed by atoms with E-state index in [1.54, 1.807) is 6.07 Å². The van der Waals surface area contributed by atoms with E-state index in [0.29, 0.717) is 39.2 Å². The van der Waals surface area contributed by atoms with Gasteiger partial charge in [0.15, 0.2) is 6.61 Å². The van der Waals surface area contributed by atoms with Crippen LogP contribution in [0.2, 0.25) is 5.02 Å². The molecule has 0 aliphatic rings. The van der Waals surface area contributed by atoms with Crippen LogP contribution in [0.1, 0.15) is 11.8 Å². The summed E-state index contributed by atoms with van der Waals surface area (Å²) in [6.07, 6.45) is 0. The van der Waals surface area contributed by atoms with Crippen LogP contribution >= 0.6 is 23.4 Å². The van der Waals surface area contributed by atoms with Gasteiger partial charge in [-0.1, -0.05) is 53.7 Å². The molecule has 0 unspecified atom stereocenters. The summed E-state index contributed by atoms with van der Waals surface area (Å²) < 4.78 is 16.8. The average Bonchev–Trinajstić information content (AvgIpc) is 3.35. The summed E-state index contributed by atoms with van der Waals surface area (Å²) in [7, 11) is 0. The molecule has 0 saturated heterocycles. The third kappa shape index (κ3) is 4.47. The Morgan fingerprint density at radius 1 is 0.852 bits per heavy atom. The first-order chi connectivity index (χ1) is 13.3. The number of hydrogen-bond acceptors (Lipinski definition) is 8. The molecule has 136 valence electrons. The van der Waals surface area contributed by atoms with Gasteiger partial charge < -0.3 is 13.6 Å². The van der Waals surface area contributed by atoms with Crippen LogP contribution in [0.25, 0.3) is 11.5 Å². The van der Waals surface area contributed by atoms with Gasteiger partial charge in [0, 0.05) is 0 Å². The maximum atomic E-state index is 6.14. The largest absolute Gasteiger partial charge is 0.484 e. The van der Waals surface area contributed by atoms with Crippen LogP contribution < -0.4 is 4.74 Å². The first-order valence-corrected chi connectivity index (χ1v) is 9.34. The standard InChI is InChI=1S/C18H13ClN4O3S/c19-14-9-5-4-8-13(14)17-22-21-16(25-17)11-27-18-23-20-15(26-18)10-24-12-6-2-1-3-7-12/h1-9H,10-11H2. The van der Waals surface area contributed by atoms with Crippen molar-refractivity contribution < 1.29 is 13.6 Å². The minimum absolute atomic E-state index is 0.203. The van der Waals surface area contributed by atoms with Crippen molar-refractivity contribution in [1.29, 1.82) is 0 Å². The normalized spacial score (nSPS) is 10.9. The van der Waals surface area contributed by atoms with Crippen molar-refractivity contribution in [1.82, 2.24) is 20.4 Å². The number of hydrogen-bond donors (Lipinski definition) is 0. The summed E-state index contributed by atoms with van der Waals surface area (Å²) >= 11 is 7.44. The van der Waals surface area contributed by atoms with Gasteiger partial charge in [0.1, 0.15) is 5.75 Å². The summed E-state index contributed by atoms with van der Waals surface area (Å²) in [6.45, 7) is 0.203. The van der Waals surface area contributed by atoms with Gasteiger partial charge in [-0.25, -0.2) is 0 Å². The van der Waals surface area contributed by atoms with Gasteiger partial charge in [-0.15, -0.1) is 20.4 Å². The van der Waals surface area contributed by atoms with Crippen LogP contribution in [0.3, 0.4) is 0 Å². The molecule has 7 nitrogen and oxygen atoms in total. The SMILES string of the molecule is Clc1ccccc1-c1nnc(CSc2nnc(COc3ccccc3)o2)o1. The molecule has 0 aliphatic heterocycles. The zero-order valence-electron chi connectivity index (χ0n) is 13.9. The minimum Gasteiger partial charge on any atom is -0.484 e. The lowest BCUT2D eigenvalue weighted by Gasteiger charge is -2.01. The zero-order chi connectivity index (χ0) is 18.5. The second-order valence-corrected chi connectivity index (χ2v) is 6.67. The van der Waals surface area contributed by atoms with E-state index in [1.165, 1.54) is 11.8 Å². The molecule has 0 spiro atoms. The number of ether oxygens (including phenoxy) is 1. The van der Waals surface area contributed by atoms with Gasteiger partial charge in [0.25, 0.3) is 11.1 Å². The van der Waals surface area contributed by atoms with E-state index in [2.05, 4.69) is 20.4 Å². The van der Waals surface area contributed by atoms with Gasteiger partial charge in [-0.05, 0) is 24.3 Å². The Kier molecular flexibility index (Phi) is 5.36. The average molecular weight is 401 g/mol. The Morgan fingerprint density at radius 3 is 2.48 bits per heavy atom. The van der Waals surface area contributed by atoms with Crippen LogP contribution in [0.4, 0.5) is 0 Å². The first-order valence-electron chi connectivity index (χ1n) is 7.98. The number of nitrogens with zero attached hydrogens (tertiary/aromatic N) is 4. The molecule has 9 heteroatoms. The highest BCUT2D eigenvalue weighted by Crippen LogP contribution is 2.28. The van der Waals surface area contributed by atoms with E-state index >= 15 is 0 Å². The second kappa shape index (κ2) is 8.24. The molecule has 0 saturated carbocycles. The van der Waals surface area contributed by atoms with Crippen molar-refractivity contribution in [2.24, 2.45) is 0 Å². The Labute approximate surface area is 163 Å². The number of para-hydroxylation sites is 1. The van der Waals surface area contributed by atoms with Crippen LogP contribution in [0.15, 0.2) is 68.7 Å². The van der Waals surface area contributed by atoms with E-state index in [4.69, 9.17) is 25.2 Å². The van der Waals surface area contributed by atoms with Crippen molar-refractivity contribution in [3.8, 4) is 17.2 Å². The molecule has 0 N–H and O–H groups in total. The van der Waals surface area contributed by atoms with E-state index in [-0.39, 0.29) is 6.61 Å². The topological polar surface area (TPSA) is 87.1 Å². The van der Waals surface area contributed by atoms with Crippen LogP contribution in [-0.4, -0.2) is 20.4 Å². The molecule has 0 atom stereocenters. The number of aromatic nitrogens is 4. The lowest BCUT2D eigenvalue weighted by molar-refractivity contribution is 0.252. The monoisotopic (exact) mass is 400 g/mol. The second-order valence-electron chi connectivity index (χ2n) is 5.33. The Morgan fingerprint density at radius 2 is 1.63 bits per heavy atom. The number of halogens is 1. The number of benzene rings is 2. The van der Waals surface area contributed by atoms with Crippen LogP contribution in [0.5, 0.6) is 5.75 Å². The fraction of sp³-hybridized carbons (Fsp3) is 0.111. The number of thioether (sulfide) groups is 1. The molecule has 0 bridgehead atoms. The van der Waals surface area contributed by atoms with Crippen LogP contribution in [-0.2, 0) is 12.4 Å². The molecule has 0 aliphatic carbocycles. The molecule has 0 amide bonds. The van der Waals surface area contributed by atoms with Gasteiger partial charge in [0.05, 0.1) is 16.3 Å². The van der Waals surface area contributed by atoms with Gasteiger partial charge in [-0.2, -0.15) is 0 Å². The van der Waals surface area contributed by atoms with Crippen molar-refractivity contribution in [3.05, 3.63) is 71.4 Å². The lowest BCUT2D eigenvalue weighted by atomic mass is 10.2. The molecular weight excluding hydrogens is 388 g/mol. The summed E-state index contributed by atoms with van der Waals surface area (Å²) in [5.41, 5.74) is 0.695. The smallest absolute Gasteiger partial charge is 0.277 e. The molecular formula is C18H13ClN4O3S. The highest BCUT2D eigenvalue weighted by molar-refractivity contribution is 7.98. The summed E-state index contributed by atoms with van der Waals surface area (Å²) in [6, 6.07) is 16.7. The van der Waals surface area contributed by atoms with Crippen molar-refractivity contribution in [3.63, 3.8) is 0 Å². The molecule has 0 radical (unpaired) electrons. The molecule has 4 rings (SSSR count). The highest BCUT2D eigenvalue weighted by atomic mass is 35.5. The molecule has 27 heavy (non-hydrogen) atoms. The molecule has 0 fully saturated rings. The van der Waals surface area contributed by atoms with Gasteiger partial charge in [-0.3, -0.25) is 0 Å². The molecule has 4 aromatic rings. The summed E-state index contributed by atoms with van der Waals surface area (Å²) in [4.78, 5) is 0. The van der Waals surface area contributed by atoms with Crippen molar-refractivity contribution in [2.45, 2.75) is 17.6 Å². The molecule has 2 heterocycles. The zero-order valence-corrected chi connectivity index (χ0v) is 15.5. The first kappa shape index (κ1) is 17.6. The summed E-state index contributed by atoms with van der Waals surface area (Å²) in [5.74, 6) is 2.35. The lowest BCUT2D eigenvalue weighted by Crippen LogP contribution is -1.95. The Bertz CT molecular complexity index is 1020. The highest BCUT2D eigenvalue weighted by Gasteiger charge is 2.14. The third-order valence-electron chi connectivity index (χ3n) is 3.44. The molecule has 2 aromatic heterocycles. The van der Waals surface area contributed by atoms with E-state index in [1.807, 2.05) is 48.5 Å². The van der Waals surface area contributed by atoms with Crippen LogP contribution in [0, 0.1) is 0 Å². The fourth-order valence-electron chi connectivity index (χ4n) is 2.20. The van der Waals surface area contributed by atoms with E-state index in [9.17, 15) is 0 Å². The Balaban J connectivity index is 1.33. The predicted octanol–water partition coefficient (Wildman–Crippen LogP) is 4.64. The van der Waals surface area contributed by atoms with E-state index in [0.717, 1.165) is 5.75 Å². The quantitative estimate of drug-likeness (QED) is 0.414. The molecule has 2 aromatic carbocycles. The van der Waals surface area contributed by atoms with Gasteiger partial charge >= 0.3 is 0 Å². The van der Waals surface area contributed by atoms with Crippen molar-refractivity contribution in [2.75, 3.05) is 0 Å². The maximum absolute atomic E-state index is 6.14.